The minimum absolute atomic E-state index is 0.151. The van der Waals surface area contributed by atoms with Crippen LogP contribution < -0.4 is 5.73 Å². The van der Waals surface area contributed by atoms with Gasteiger partial charge in [0.25, 0.3) is 0 Å². The summed E-state index contributed by atoms with van der Waals surface area (Å²) >= 11 is 2.03. The monoisotopic (exact) mass is 271 g/mol. The minimum Gasteiger partial charge on any atom is -0.375 e. The molecule has 0 aromatic rings. The molecule has 1 saturated carbocycles. The van der Waals surface area contributed by atoms with Crippen LogP contribution in [-0.2, 0) is 9.47 Å². The Morgan fingerprint density at radius 3 is 2.67 bits per heavy atom. The first-order chi connectivity index (χ1) is 8.76. The molecule has 2 aliphatic heterocycles. The van der Waals surface area contributed by atoms with Gasteiger partial charge in [-0.05, 0) is 44.3 Å². The highest BCUT2D eigenvalue weighted by molar-refractivity contribution is 7.99. The molecule has 1 aliphatic carbocycles. The Morgan fingerprint density at radius 1 is 1.11 bits per heavy atom. The number of rotatable bonds is 2. The fourth-order valence-corrected chi connectivity index (χ4v) is 4.84. The molecule has 3 rings (SSSR count). The van der Waals surface area contributed by atoms with Crippen LogP contribution in [0.3, 0.4) is 0 Å². The zero-order valence-electron chi connectivity index (χ0n) is 11.1. The van der Waals surface area contributed by atoms with Crippen molar-refractivity contribution >= 4 is 11.8 Å². The zero-order chi connectivity index (χ0) is 12.4. The summed E-state index contributed by atoms with van der Waals surface area (Å²) in [4.78, 5) is 0. The molecular formula is C14H25NO2S. The van der Waals surface area contributed by atoms with E-state index in [9.17, 15) is 0 Å². The highest BCUT2D eigenvalue weighted by Gasteiger charge is 2.41. The lowest BCUT2D eigenvalue weighted by Crippen LogP contribution is -2.44. The number of ether oxygens (including phenoxy) is 2. The predicted molar refractivity (Wildman–Crippen MR) is 75.0 cm³/mol. The van der Waals surface area contributed by atoms with Gasteiger partial charge in [-0.3, -0.25) is 0 Å². The Hall–Kier alpha value is 0.230. The van der Waals surface area contributed by atoms with E-state index in [1.54, 1.807) is 0 Å². The van der Waals surface area contributed by atoms with E-state index in [-0.39, 0.29) is 5.60 Å². The van der Waals surface area contributed by atoms with Crippen molar-refractivity contribution in [3.63, 3.8) is 0 Å². The Balaban J connectivity index is 1.50. The molecule has 2 N–H and O–H groups in total. The predicted octanol–water partition coefficient (Wildman–Crippen LogP) is 2.33. The van der Waals surface area contributed by atoms with Crippen molar-refractivity contribution in [1.29, 1.82) is 0 Å². The van der Waals surface area contributed by atoms with E-state index in [2.05, 4.69) is 0 Å². The van der Waals surface area contributed by atoms with Crippen LogP contribution >= 0.6 is 11.8 Å². The molecule has 2 saturated heterocycles. The summed E-state index contributed by atoms with van der Waals surface area (Å²) < 4.78 is 12.4. The van der Waals surface area contributed by atoms with Crippen molar-refractivity contribution in [1.82, 2.24) is 0 Å². The fourth-order valence-electron chi connectivity index (χ4n) is 3.46. The summed E-state index contributed by atoms with van der Waals surface area (Å²) in [5.74, 6) is 2.42. The average molecular weight is 271 g/mol. The van der Waals surface area contributed by atoms with E-state index in [1.165, 1.54) is 17.9 Å². The van der Waals surface area contributed by atoms with Crippen LogP contribution in [0.2, 0.25) is 0 Å². The topological polar surface area (TPSA) is 44.5 Å². The molecular weight excluding hydrogens is 246 g/mol. The lowest BCUT2D eigenvalue weighted by atomic mass is 9.90. The van der Waals surface area contributed by atoms with Crippen LogP contribution in [0.4, 0.5) is 0 Å². The first kappa shape index (κ1) is 13.2. The van der Waals surface area contributed by atoms with Crippen LogP contribution in [0.5, 0.6) is 0 Å². The Bertz CT molecular complexity index is 273. The molecule has 3 fully saturated rings. The lowest BCUT2D eigenvalue weighted by molar-refractivity contribution is -0.141. The van der Waals surface area contributed by atoms with E-state index in [1.807, 2.05) is 11.8 Å². The van der Waals surface area contributed by atoms with Crippen molar-refractivity contribution in [3.05, 3.63) is 0 Å². The molecule has 3 nitrogen and oxygen atoms in total. The molecule has 0 aromatic carbocycles. The maximum absolute atomic E-state index is 6.32. The first-order valence-electron chi connectivity index (χ1n) is 7.39. The number of hydrogen-bond donors (Lipinski definition) is 1. The summed E-state index contributed by atoms with van der Waals surface area (Å²) in [5.41, 5.74) is 6.10. The smallest absolute Gasteiger partial charge is 0.0805 e. The molecule has 2 heterocycles. The quantitative estimate of drug-likeness (QED) is 0.837. The highest BCUT2D eigenvalue weighted by Crippen LogP contribution is 2.39. The molecule has 18 heavy (non-hydrogen) atoms. The molecule has 0 radical (unpaired) electrons. The molecule has 1 spiro atoms. The summed E-state index contributed by atoms with van der Waals surface area (Å²) in [5, 5.41) is 0. The van der Waals surface area contributed by atoms with Crippen LogP contribution in [0.25, 0.3) is 0 Å². The third-order valence-electron chi connectivity index (χ3n) is 4.62. The Labute approximate surface area is 114 Å². The van der Waals surface area contributed by atoms with Gasteiger partial charge in [0.2, 0.25) is 0 Å². The second kappa shape index (κ2) is 5.70. The van der Waals surface area contributed by atoms with Crippen LogP contribution in [0.15, 0.2) is 0 Å². The van der Waals surface area contributed by atoms with Crippen molar-refractivity contribution in [2.75, 3.05) is 18.1 Å². The molecule has 2 unspecified atom stereocenters. The summed E-state index contributed by atoms with van der Waals surface area (Å²) in [6.07, 6.45) is 8.87. The highest BCUT2D eigenvalue weighted by atomic mass is 32.2. The number of thioether (sulfide) groups is 1. The zero-order valence-corrected chi connectivity index (χ0v) is 11.9. The summed E-state index contributed by atoms with van der Waals surface area (Å²) in [6.45, 7) is 0.886. The van der Waals surface area contributed by atoms with Crippen LogP contribution in [0.1, 0.15) is 44.9 Å². The molecule has 0 amide bonds. The average Bonchev–Trinajstić information content (AvgIpc) is 2.80. The summed E-state index contributed by atoms with van der Waals surface area (Å²) in [6, 6.07) is 0.414. The molecule has 104 valence electrons. The minimum atomic E-state index is 0.151. The van der Waals surface area contributed by atoms with Gasteiger partial charge in [0.05, 0.1) is 17.8 Å². The molecule has 0 aromatic heterocycles. The Kier molecular flexibility index (Phi) is 4.18. The molecule has 4 heteroatoms. The first-order valence-corrected chi connectivity index (χ1v) is 8.54. The second-order valence-electron chi connectivity index (χ2n) is 6.12. The third kappa shape index (κ3) is 3.03. The standard InChI is InChI=1S/C14H25NO2S/c15-11-1-3-12(4-2-11)17-13-5-7-16-14(9-13)6-8-18-10-14/h11-13H,1-10,15H2. The van der Waals surface area contributed by atoms with Gasteiger partial charge in [-0.1, -0.05) is 0 Å². The normalized spacial score (nSPS) is 45.5. The van der Waals surface area contributed by atoms with Gasteiger partial charge in [-0.25, -0.2) is 0 Å². The van der Waals surface area contributed by atoms with Gasteiger partial charge in [0, 0.05) is 24.8 Å². The second-order valence-corrected chi connectivity index (χ2v) is 7.23. The van der Waals surface area contributed by atoms with Gasteiger partial charge in [0.1, 0.15) is 0 Å². The van der Waals surface area contributed by atoms with E-state index in [0.29, 0.717) is 18.2 Å². The number of hydrogen-bond acceptors (Lipinski definition) is 4. The van der Waals surface area contributed by atoms with Crippen molar-refractivity contribution in [2.24, 2.45) is 5.73 Å². The lowest BCUT2D eigenvalue weighted by Gasteiger charge is -2.39. The van der Waals surface area contributed by atoms with Gasteiger partial charge < -0.3 is 15.2 Å². The van der Waals surface area contributed by atoms with Crippen LogP contribution in [0, 0.1) is 0 Å². The van der Waals surface area contributed by atoms with Crippen molar-refractivity contribution in [2.45, 2.75) is 68.8 Å². The van der Waals surface area contributed by atoms with E-state index >= 15 is 0 Å². The van der Waals surface area contributed by atoms with Gasteiger partial charge >= 0.3 is 0 Å². The van der Waals surface area contributed by atoms with E-state index in [0.717, 1.165) is 45.1 Å². The molecule has 2 atom stereocenters. The SMILES string of the molecule is NC1CCC(OC2CCOC3(CCSC3)C2)CC1. The van der Waals surface area contributed by atoms with Gasteiger partial charge in [-0.15, -0.1) is 0 Å². The molecule has 0 bridgehead atoms. The third-order valence-corrected chi connectivity index (χ3v) is 5.84. The largest absolute Gasteiger partial charge is 0.375 e. The Morgan fingerprint density at radius 2 is 1.94 bits per heavy atom. The van der Waals surface area contributed by atoms with Gasteiger partial charge in [-0.2, -0.15) is 11.8 Å². The summed E-state index contributed by atoms with van der Waals surface area (Å²) in [7, 11) is 0. The van der Waals surface area contributed by atoms with E-state index in [4.69, 9.17) is 15.2 Å². The maximum Gasteiger partial charge on any atom is 0.0805 e. The van der Waals surface area contributed by atoms with Crippen molar-refractivity contribution < 1.29 is 9.47 Å². The van der Waals surface area contributed by atoms with Gasteiger partial charge in [0.15, 0.2) is 0 Å². The fraction of sp³-hybridized carbons (Fsp3) is 1.00. The molecule has 3 aliphatic rings. The van der Waals surface area contributed by atoms with Crippen LogP contribution in [-0.4, -0.2) is 42.0 Å². The number of nitrogens with two attached hydrogens (primary N) is 1. The van der Waals surface area contributed by atoms with Crippen molar-refractivity contribution in [3.8, 4) is 0 Å². The maximum atomic E-state index is 6.32. The van der Waals surface area contributed by atoms with E-state index < -0.39 is 0 Å².